The third-order valence-electron chi connectivity index (χ3n) is 2.35. The van der Waals surface area contributed by atoms with Gasteiger partial charge in [-0.15, -0.1) is 0 Å². The van der Waals surface area contributed by atoms with Gasteiger partial charge >= 0.3 is 5.97 Å². The summed E-state index contributed by atoms with van der Waals surface area (Å²) >= 11 is 1.93. The summed E-state index contributed by atoms with van der Waals surface area (Å²) in [5, 5.41) is 0. The third kappa shape index (κ3) is 2.44. The van der Waals surface area contributed by atoms with Crippen molar-refractivity contribution >= 4 is 23.7 Å². The van der Waals surface area contributed by atoms with Crippen molar-refractivity contribution in [2.75, 3.05) is 36.6 Å². The highest BCUT2D eigenvalue weighted by atomic mass is 32.2. The highest BCUT2D eigenvalue weighted by molar-refractivity contribution is 7.99. The summed E-state index contributed by atoms with van der Waals surface area (Å²) < 4.78 is 4.59. The van der Waals surface area contributed by atoms with Crippen molar-refractivity contribution in [1.29, 1.82) is 0 Å². The highest BCUT2D eigenvalue weighted by Crippen LogP contribution is 2.14. The van der Waals surface area contributed by atoms with Crippen molar-refractivity contribution < 1.29 is 9.53 Å². The average Bonchev–Trinajstić information content (AvgIpc) is 2.39. The summed E-state index contributed by atoms with van der Waals surface area (Å²) in [6, 6.07) is 0. The molecule has 0 bridgehead atoms. The maximum Gasteiger partial charge on any atom is 0.341 e. The van der Waals surface area contributed by atoms with Crippen LogP contribution in [0.15, 0.2) is 12.4 Å². The first-order chi connectivity index (χ1) is 7.81. The Balaban J connectivity index is 2.09. The fourth-order valence-corrected chi connectivity index (χ4v) is 2.37. The van der Waals surface area contributed by atoms with E-state index in [1.165, 1.54) is 19.5 Å². The predicted octanol–water partition coefficient (Wildman–Crippen LogP) is 0.816. The number of hydrogen-bond donors (Lipinski definition) is 0. The molecule has 2 heterocycles. The van der Waals surface area contributed by atoms with Crippen LogP contribution in [-0.2, 0) is 4.74 Å². The number of methoxy groups -OCH3 is 1. The van der Waals surface area contributed by atoms with Crippen LogP contribution in [0, 0.1) is 0 Å². The van der Waals surface area contributed by atoms with Gasteiger partial charge < -0.3 is 9.64 Å². The van der Waals surface area contributed by atoms with Crippen molar-refractivity contribution in [3.63, 3.8) is 0 Å². The van der Waals surface area contributed by atoms with E-state index in [4.69, 9.17) is 0 Å². The lowest BCUT2D eigenvalue weighted by Gasteiger charge is -2.26. The lowest BCUT2D eigenvalue weighted by atomic mass is 10.3. The first kappa shape index (κ1) is 11.2. The van der Waals surface area contributed by atoms with Crippen molar-refractivity contribution in [3.8, 4) is 0 Å². The van der Waals surface area contributed by atoms with Gasteiger partial charge in [0.15, 0.2) is 0 Å². The summed E-state index contributed by atoms with van der Waals surface area (Å²) in [5.74, 6) is 2.48. The van der Waals surface area contributed by atoms with Gasteiger partial charge in [-0.25, -0.2) is 14.8 Å². The molecule has 1 aliphatic rings. The minimum Gasteiger partial charge on any atom is -0.465 e. The van der Waals surface area contributed by atoms with Crippen LogP contribution >= 0.6 is 11.8 Å². The molecule has 86 valence electrons. The van der Waals surface area contributed by atoms with Crippen LogP contribution in [-0.4, -0.2) is 47.6 Å². The molecular formula is C10H13N3O2S. The van der Waals surface area contributed by atoms with Gasteiger partial charge in [-0.2, -0.15) is 11.8 Å². The van der Waals surface area contributed by atoms with E-state index in [0.29, 0.717) is 11.5 Å². The molecule has 1 aromatic heterocycles. The van der Waals surface area contributed by atoms with Crippen LogP contribution in [0.2, 0.25) is 0 Å². The molecule has 1 aromatic rings. The summed E-state index contributed by atoms with van der Waals surface area (Å²) in [6.45, 7) is 1.92. The Hall–Kier alpha value is -1.30. The van der Waals surface area contributed by atoms with Crippen molar-refractivity contribution in [2.45, 2.75) is 0 Å². The molecule has 0 aromatic carbocycles. The molecule has 1 saturated heterocycles. The number of carbonyl (C=O) groups is 1. The Morgan fingerprint density at radius 1 is 1.38 bits per heavy atom. The molecule has 2 rings (SSSR count). The van der Waals surface area contributed by atoms with E-state index in [9.17, 15) is 4.79 Å². The smallest absolute Gasteiger partial charge is 0.341 e. The molecule has 0 radical (unpaired) electrons. The van der Waals surface area contributed by atoms with Crippen molar-refractivity contribution in [3.05, 3.63) is 18.0 Å². The van der Waals surface area contributed by atoms with E-state index >= 15 is 0 Å². The van der Waals surface area contributed by atoms with Gasteiger partial charge in [-0.3, -0.25) is 0 Å². The summed E-state index contributed by atoms with van der Waals surface area (Å²) in [5.41, 5.74) is 0.387. The van der Waals surface area contributed by atoms with Crippen molar-refractivity contribution in [1.82, 2.24) is 9.97 Å². The SMILES string of the molecule is COC(=O)c1cnc(N2CCSCC2)nc1. The van der Waals surface area contributed by atoms with Gasteiger partial charge in [0.25, 0.3) is 0 Å². The lowest BCUT2D eigenvalue weighted by molar-refractivity contribution is 0.0600. The lowest BCUT2D eigenvalue weighted by Crippen LogP contribution is -2.33. The third-order valence-corrected chi connectivity index (χ3v) is 3.30. The molecule has 0 N–H and O–H groups in total. The van der Waals surface area contributed by atoms with E-state index in [1.807, 2.05) is 11.8 Å². The second-order valence-electron chi connectivity index (χ2n) is 3.36. The summed E-state index contributed by atoms with van der Waals surface area (Å²) in [6.07, 6.45) is 3.02. The maximum absolute atomic E-state index is 11.2. The minimum absolute atomic E-state index is 0.387. The number of nitrogens with zero attached hydrogens (tertiary/aromatic N) is 3. The van der Waals surface area contributed by atoms with Gasteiger partial charge in [0.1, 0.15) is 0 Å². The summed E-state index contributed by atoms with van der Waals surface area (Å²) in [4.78, 5) is 21.7. The first-order valence-electron chi connectivity index (χ1n) is 5.04. The van der Waals surface area contributed by atoms with Gasteiger partial charge in [0.2, 0.25) is 5.95 Å². The fourth-order valence-electron chi connectivity index (χ4n) is 1.47. The zero-order chi connectivity index (χ0) is 11.4. The summed E-state index contributed by atoms with van der Waals surface area (Å²) in [7, 11) is 1.35. The fraction of sp³-hybridized carbons (Fsp3) is 0.500. The van der Waals surface area contributed by atoms with E-state index in [0.717, 1.165) is 24.6 Å². The molecule has 0 atom stereocenters. The Morgan fingerprint density at radius 3 is 2.56 bits per heavy atom. The molecule has 1 fully saturated rings. The van der Waals surface area contributed by atoms with E-state index in [1.54, 1.807) is 0 Å². The number of aromatic nitrogens is 2. The minimum atomic E-state index is -0.402. The first-order valence-corrected chi connectivity index (χ1v) is 6.20. The Morgan fingerprint density at radius 2 is 2.00 bits per heavy atom. The Bertz CT molecular complexity index is 363. The monoisotopic (exact) mass is 239 g/mol. The molecule has 0 amide bonds. The zero-order valence-corrected chi connectivity index (χ0v) is 9.87. The molecule has 6 heteroatoms. The largest absolute Gasteiger partial charge is 0.465 e. The molecule has 0 unspecified atom stereocenters. The van der Waals surface area contributed by atoms with E-state index in [-0.39, 0.29) is 0 Å². The molecule has 0 aliphatic carbocycles. The number of carbonyl (C=O) groups excluding carboxylic acids is 1. The standard InChI is InChI=1S/C10H13N3O2S/c1-15-9(14)8-6-11-10(12-7-8)13-2-4-16-5-3-13/h6-7H,2-5H2,1H3. The van der Waals surface area contributed by atoms with Crippen LogP contribution < -0.4 is 4.90 Å². The van der Waals surface area contributed by atoms with Gasteiger partial charge in [0.05, 0.1) is 12.7 Å². The predicted molar refractivity (Wildman–Crippen MR) is 62.9 cm³/mol. The molecular weight excluding hydrogens is 226 g/mol. The molecule has 16 heavy (non-hydrogen) atoms. The van der Waals surface area contributed by atoms with Crippen molar-refractivity contribution in [2.24, 2.45) is 0 Å². The highest BCUT2D eigenvalue weighted by Gasteiger charge is 2.14. The van der Waals surface area contributed by atoms with Crippen LogP contribution in [0.1, 0.15) is 10.4 Å². The Kier molecular flexibility index (Phi) is 3.61. The second kappa shape index (κ2) is 5.16. The maximum atomic E-state index is 11.2. The van der Waals surface area contributed by atoms with Gasteiger partial charge in [0, 0.05) is 37.0 Å². The Labute approximate surface area is 98.2 Å². The van der Waals surface area contributed by atoms with Crippen LogP contribution in [0.25, 0.3) is 0 Å². The van der Waals surface area contributed by atoms with Crippen LogP contribution in [0.3, 0.4) is 0 Å². The number of thioether (sulfide) groups is 1. The second-order valence-corrected chi connectivity index (χ2v) is 4.59. The van der Waals surface area contributed by atoms with Crippen LogP contribution in [0.4, 0.5) is 5.95 Å². The normalized spacial score (nSPS) is 15.9. The topological polar surface area (TPSA) is 55.3 Å². The van der Waals surface area contributed by atoms with E-state index in [2.05, 4.69) is 19.6 Å². The average molecular weight is 239 g/mol. The molecule has 0 spiro atoms. The molecule has 0 saturated carbocycles. The quantitative estimate of drug-likeness (QED) is 0.712. The number of esters is 1. The number of anilines is 1. The molecule has 1 aliphatic heterocycles. The zero-order valence-electron chi connectivity index (χ0n) is 9.05. The molecule has 5 nitrogen and oxygen atoms in total. The van der Waals surface area contributed by atoms with Crippen LogP contribution in [0.5, 0.6) is 0 Å². The van der Waals surface area contributed by atoms with Gasteiger partial charge in [-0.1, -0.05) is 0 Å². The van der Waals surface area contributed by atoms with E-state index < -0.39 is 5.97 Å². The number of ether oxygens (including phenoxy) is 1. The number of rotatable bonds is 2. The van der Waals surface area contributed by atoms with Gasteiger partial charge in [-0.05, 0) is 0 Å². The number of hydrogen-bond acceptors (Lipinski definition) is 6.